The van der Waals surface area contributed by atoms with E-state index in [2.05, 4.69) is 10.3 Å². The summed E-state index contributed by atoms with van der Waals surface area (Å²) in [7, 11) is 1.06. The van der Waals surface area contributed by atoms with Gasteiger partial charge in [-0.2, -0.15) is 13.2 Å². The lowest BCUT2D eigenvalue weighted by atomic mass is 9.95. The van der Waals surface area contributed by atoms with Gasteiger partial charge >= 0.3 is 12.1 Å². The van der Waals surface area contributed by atoms with Crippen molar-refractivity contribution in [3.05, 3.63) is 89.1 Å². The van der Waals surface area contributed by atoms with E-state index in [0.717, 1.165) is 25.3 Å². The summed E-state index contributed by atoms with van der Waals surface area (Å²) in [4.78, 5) is 29.4. The predicted molar refractivity (Wildman–Crippen MR) is 137 cm³/mol. The first-order valence-corrected chi connectivity index (χ1v) is 12.3. The summed E-state index contributed by atoms with van der Waals surface area (Å²) in [5.41, 5.74) is -1.94. The van der Waals surface area contributed by atoms with Crippen LogP contribution in [-0.2, 0) is 22.1 Å². The number of methoxy groups -OCH3 is 1. The van der Waals surface area contributed by atoms with Crippen LogP contribution in [0, 0.1) is 11.6 Å². The first-order chi connectivity index (χ1) is 19.6. The third kappa shape index (κ3) is 5.37. The van der Waals surface area contributed by atoms with Crippen molar-refractivity contribution in [1.82, 2.24) is 10.3 Å². The van der Waals surface area contributed by atoms with E-state index in [0.29, 0.717) is 5.39 Å². The molecule has 2 heterocycles. The van der Waals surface area contributed by atoms with Crippen LogP contribution >= 0.6 is 0 Å². The van der Waals surface area contributed by atoms with Crippen molar-refractivity contribution < 1.29 is 45.8 Å². The molecule has 7 nitrogen and oxygen atoms in total. The van der Waals surface area contributed by atoms with Crippen molar-refractivity contribution in [3.63, 3.8) is 0 Å². The molecule has 1 atom stereocenters. The van der Waals surface area contributed by atoms with Crippen LogP contribution in [0.5, 0.6) is 11.5 Å². The minimum absolute atomic E-state index is 0.00797. The second-order valence-electron chi connectivity index (χ2n) is 9.04. The Morgan fingerprint density at radius 2 is 1.66 bits per heavy atom. The van der Waals surface area contributed by atoms with Crippen LogP contribution in [0.2, 0.25) is 0 Å². The summed E-state index contributed by atoms with van der Waals surface area (Å²) >= 11 is 0. The smallest absolute Gasteiger partial charge is 0.419 e. The fraction of sp³-hybridized carbons (Fsp3) is 0.207. The predicted octanol–water partition coefficient (Wildman–Crippen LogP) is 5.48. The molecule has 5 rings (SSSR count). The summed E-state index contributed by atoms with van der Waals surface area (Å²) in [6.07, 6.45) is -3.72. The topological polar surface area (TPSA) is 86.8 Å². The van der Waals surface area contributed by atoms with Gasteiger partial charge in [0.2, 0.25) is 0 Å². The van der Waals surface area contributed by atoms with E-state index in [1.54, 1.807) is 6.07 Å². The summed E-state index contributed by atoms with van der Waals surface area (Å²) in [6, 6.07) is 10.2. The molecule has 0 unspecified atom stereocenters. The van der Waals surface area contributed by atoms with E-state index in [1.165, 1.54) is 36.5 Å². The zero-order valence-corrected chi connectivity index (χ0v) is 21.4. The van der Waals surface area contributed by atoms with Gasteiger partial charge in [0.05, 0.1) is 18.4 Å². The molecule has 0 fully saturated rings. The highest BCUT2D eigenvalue weighted by molar-refractivity contribution is 5.97. The number of benzene rings is 3. The number of halogens is 5. The second-order valence-corrected chi connectivity index (χ2v) is 9.04. The number of carbonyl (C=O) groups is 2. The number of hydrogen-bond acceptors (Lipinski definition) is 6. The Kier molecular flexibility index (Phi) is 7.48. The SMILES string of the molecule is COC(=O)[C@H](Cc1ccc(-c2ncc3ccccc3c2C(F)(F)F)c2c1OCCO2)NC(=O)c1c(F)cccc1F. The molecule has 1 amide bonds. The van der Waals surface area contributed by atoms with Crippen molar-refractivity contribution >= 4 is 22.6 Å². The van der Waals surface area contributed by atoms with E-state index in [1.807, 2.05) is 0 Å². The standard InChI is InChI=1S/C29H21F5N2O5/c1-39-28(38)21(36-27(37)22-19(30)7-4-8-20(22)31)13-15-9-10-18(26-25(15)40-11-12-41-26)24-23(29(32,33)34)17-6-3-2-5-16(17)14-35-24/h2-10,14,21H,11-13H2,1H3,(H,36,37)/t21-/m0/s1. The number of carbonyl (C=O) groups excluding carboxylic acids is 2. The molecular weight excluding hydrogens is 551 g/mol. The number of aromatic nitrogens is 1. The number of amides is 1. The minimum atomic E-state index is -4.76. The highest BCUT2D eigenvalue weighted by Gasteiger charge is 2.38. The van der Waals surface area contributed by atoms with E-state index >= 15 is 0 Å². The van der Waals surface area contributed by atoms with Gasteiger partial charge in [-0.3, -0.25) is 9.78 Å². The van der Waals surface area contributed by atoms with Crippen molar-refractivity contribution in [3.8, 4) is 22.8 Å². The van der Waals surface area contributed by atoms with Gasteiger partial charge in [0.15, 0.2) is 11.5 Å². The third-order valence-electron chi connectivity index (χ3n) is 6.51. The van der Waals surface area contributed by atoms with Crippen LogP contribution in [0.1, 0.15) is 21.5 Å². The molecule has 3 aromatic carbocycles. The molecule has 1 N–H and O–H groups in total. The zero-order chi connectivity index (χ0) is 29.3. The Labute approximate surface area is 229 Å². The number of hydrogen-bond donors (Lipinski definition) is 1. The molecule has 0 spiro atoms. The van der Waals surface area contributed by atoms with Crippen LogP contribution in [0.25, 0.3) is 22.0 Å². The van der Waals surface area contributed by atoms with Crippen LogP contribution in [-0.4, -0.2) is 43.2 Å². The number of alkyl halides is 3. The highest BCUT2D eigenvalue weighted by atomic mass is 19.4. The molecule has 4 aromatic rings. The van der Waals surface area contributed by atoms with Gasteiger partial charge in [0.25, 0.3) is 5.91 Å². The van der Waals surface area contributed by atoms with Gasteiger partial charge in [-0.1, -0.05) is 36.4 Å². The average molecular weight is 572 g/mol. The lowest BCUT2D eigenvalue weighted by Gasteiger charge is -2.26. The molecule has 1 aliphatic rings. The zero-order valence-electron chi connectivity index (χ0n) is 21.4. The van der Waals surface area contributed by atoms with E-state index in [4.69, 9.17) is 14.2 Å². The normalized spacial score (nSPS) is 13.5. The van der Waals surface area contributed by atoms with Gasteiger partial charge < -0.3 is 19.5 Å². The number of nitrogens with zero attached hydrogens (tertiary/aromatic N) is 1. The Balaban J connectivity index is 1.57. The van der Waals surface area contributed by atoms with Crippen molar-refractivity contribution in [1.29, 1.82) is 0 Å². The molecule has 0 radical (unpaired) electrons. The summed E-state index contributed by atoms with van der Waals surface area (Å²) in [5, 5.41) is 2.52. The number of rotatable bonds is 6. The molecule has 0 bridgehead atoms. The van der Waals surface area contributed by atoms with E-state index in [9.17, 15) is 31.5 Å². The molecule has 0 saturated carbocycles. The molecule has 1 aromatic heterocycles. The number of pyridine rings is 1. The summed E-state index contributed by atoms with van der Waals surface area (Å²) < 4.78 is 87.6. The van der Waals surface area contributed by atoms with Crippen molar-refractivity contribution in [2.24, 2.45) is 0 Å². The van der Waals surface area contributed by atoms with E-state index in [-0.39, 0.29) is 53.3 Å². The molecule has 12 heteroatoms. The lowest BCUT2D eigenvalue weighted by molar-refractivity contribution is -0.143. The summed E-state index contributed by atoms with van der Waals surface area (Å²) in [6.45, 7) is 0.0819. The number of fused-ring (bicyclic) bond motifs is 2. The Morgan fingerprint density at radius 3 is 2.34 bits per heavy atom. The maximum Gasteiger partial charge on any atom is 0.419 e. The monoisotopic (exact) mass is 572 g/mol. The van der Waals surface area contributed by atoms with Gasteiger partial charge in [0.1, 0.15) is 36.5 Å². The number of nitrogens with one attached hydrogen (secondary N) is 1. The molecule has 0 aliphatic carbocycles. The van der Waals surface area contributed by atoms with Crippen LogP contribution in [0.15, 0.2) is 60.8 Å². The maximum atomic E-state index is 14.3. The Hall–Kier alpha value is -4.74. The maximum absolute atomic E-state index is 14.3. The van der Waals surface area contributed by atoms with Gasteiger partial charge in [-0.15, -0.1) is 0 Å². The summed E-state index contributed by atoms with van der Waals surface area (Å²) in [5.74, 6) is -4.39. The average Bonchev–Trinajstić information content (AvgIpc) is 2.95. The molecule has 41 heavy (non-hydrogen) atoms. The van der Waals surface area contributed by atoms with Crippen molar-refractivity contribution in [2.75, 3.05) is 20.3 Å². The largest absolute Gasteiger partial charge is 0.486 e. The molecule has 1 aliphatic heterocycles. The van der Waals surface area contributed by atoms with E-state index < -0.39 is 46.9 Å². The van der Waals surface area contributed by atoms with Gasteiger partial charge in [-0.05, 0) is 23.6 Å². The Bertz CT molecular complexity index is 1640. The fourth-order valence-corrected chi connectivity index (χ4v) is 4.69. The number of ether oxygens (including phenoxy) is 3. The lowest BCUT2D eigenvalue weighted by Crippen LogP contribution is -2.43. The van der Waals surface area contributed by atoms with Crippen LogP contribution < -0.4 is 14.8 Å². The van der Waals surface area contributed by atoms with Crippen molar-refractivity contribution in [2.45, 2.75) is 18.6 Å². The first kappa shape index (κ1) is 27.8. The molecule has 212 valence electrons. The quantitative estimate of drug-likeness (QED) is 0.243. The second kappa shape index (κ2) is 11.0. The van der Waals surface area contributed by atoms with Gasteiger partial charge in [-0.25, -0.2) is 13.6 Å². The molecule has 0 saturated heterocycles. The number of esters is 1. The Morgan fingerprint density at radius 1 is 0.976 bits per heavy atom. The third-order valence-corrected chi connectivity index (χ3v) is 6.51. The molecular formula is C29H21F5N2O5. The first-order valence-electron chi connectivity index (χ1n) is 12.3. The fourth-order valence-electron chi connectivity index (χ4n) is 4.69. The van der Waals surface area contributed by atoms with Crippen LogP contribution in [0.4, 0.5) is 22.0 Å². The minimum Gasteiger partial charge on any atom is -0.486 e. The van der Waals surface area contributed by atoms with Gasteiger partial charge in [0, 0.05) is 29.1 Å². The van der Waals surface area contributed by atoms with Crippen LogP contribution in [0.3, 0.4) is 0 Å². The highest BCUT2D eigenvalue weighted by Crippen LogP contribution is 2.47.